The number of ether oxygens (including phenoxy) is 1. The van der Waals surface area contributed by atoms with Crippen LogP contribution in [-0.4, -0.2) is 14.6 Å². The fraction of sp³-hybridized carbons (Fsp3) is 0.182. The lowest BCUT2D eigenvalue weighted by atomic mass is 10.2. The van der Waals surface area contributed by atoms with Crippen molar-refractivity contribution >= 4 is 35.3 Å². The summed E-state index contributed by atoms with van der Waals surface area (Å²) < 4.78 is 13.5. The topological polar surface area (TPSA) is 18.5 Å². The van der Waals surface area contributed by atoms with E-state index in [1.165, 1.54) is 10.4 Å². The number of hydrogen-bond acceptors (Lipinski definition) is 2. The molecule has 3 rings (SSSR count). The Morgan fingerprint density at radius 1 is 0.769 bits per heavy atom. The van der Waals surface area contributed by atoms with Gasteiger partial charge in [-0.1, -0.05) is 60.7 Å². The van der Waals surface area contributed by atoms with Crippen LogP contribution in [0.15, 0.2) is 83.3 Å². The minimum Gasteiger partial charge on any atom is -0.537 e. The minimum atomic E-state index is -1.86. The van der Waals surface area contributed by atoms with Gasteiger partial charge in [0.15, 0.2) is 0 Å². The van der Waals surface area contributed by atoms with Crippen LogP contribution in [-0.2, 0) is 0 Å². The van der Waals surface area contributed by atoms with Crippen molar-refractivity contribution in [3.63, 3.8) is 0 Å². The van der Waals surface area contributed by atoms with E-state index >= 15 is 0 Å². The molecule has 0 aromatic heterocycles. The minimum absolute atomic E-state index is 0.249. The van der Waals surface area contributed by atoms with Gasteiger partial charge in [0.2, 0.25) is 0 Å². The second-order valence-corrected chi connectivity index (χ2v) is 10.3. The Bertz CT molecular complexity index is 806. The number of hydrogen-bond donors (Lipinski definition) is 0. The van der Waals surface area contributed by atoms with E-state index in [0.717, 1.165) is 16.0 Å². The van der Waals surface area contributed by atoms with Gasteiger partial charge >= 0.3 is 0 Å². The molecule has 2 nitrogen and oxygen atoms in total. The molecular formula is C22H23BrO2Si. The van der Waals surface area contributed by atoms with Crippen LogP contribution in [0.2, 0.25) is 0 Å². The van der Waals surface area contributed by atoms with Crippen molar-refractivity contribution in [1.82, 2.24) is 0 Å². The highest BCUT2D eigenvalue weighted by molar-refractivity contribution is 9.10. The van der Waals surface area contributed by atoms with Gasteiger partial charge in [0, 0.05) is 6.07 Å². The molecule has 0 aliphatic rings. The molecule has 0 spiro atoms. The Kier molecular flexibility index (Phi) is 5.84. The molecule has 0 atom stereocenters. The van der Waals surface area contributed by atoms with E-state index in [9.17, 15) is 0 Å². The predicted octanol–water partition coefficient (Wildman–Crippen LogP) is 4.54. The van der Waals surface area contributed by atoms with Gasteiger partial charge in [-0.05, 0) is 59.2 Å². The maximum Gasteiger partial charge on any atom is 0.299 e. The van der Waals surface area contributed by atoms with Gasteiger partial charge in [0.25, 0.3) is 9.04 Å². The largest absolute Gasteiger partial charge is 0.537 e. The van der Waals surface area contributed by atoms with E-state index in [1.54, 1.807) is 0 Å². The zero-order valence-electron chi connectivity index (χ0n) is 15.3. The molecule has 0 aliphatic heterocycles. The summed E-state index contributed by atoms with van der Waals surface area (Å²) in [7, 11) is -1.86. The van der Waals surface area contributed by atoms with E-state index < -0.39 is 9.04 Å². The van der Waals surface area contributed by atoms with Gasteiger partial charge in [-0.2, -0.15) is 0 Å². The lowest BCUT2D eigenvalue weighted by molar-refractivity contribution is 0.130. The summed E-state index contributed by atoms with van der Waals surface area (Å²) in [6.45, 7) is 6.13. The lowest BCUT2D eigenvalue weighted by Gasteiger charge is -2.23. The fourth-order valence-electron chi connectivity index (χ4n) is 2.70. The van der Waals surface area contributed by atoms with Crippen LogP contribution >= 0.6 is 15.9 Å². The summed E-state index contributed by atoms with van der Waals surface area (Å²) in [6.07, 6.45) is 0. The molecule has 0 N–H and O–H groups in total. The Labute approximate surface area is 165 Å². The molecule has 0 aliphatic carbocycles. The lowest BCUT2D eigenvalue weighted by Crippen LogP contribution is -2.47. The molecule has 134 valence electrons. The highest BCUT2D eigenvalue weighted by Gasteiger charge is 2.21. The second-order valence-electron chi connectivity index (χ2n) is 7.13. The molecular weight excluding hydrogens is 404 g/mol. The fourth-order valence-corrected chi connectivity index (χ4v) is 5.46. The Hall–Kier alpha value is -2.04. The first-order valence-electron chi connectivity index (χ1n) is 8.67. The number of halogens is 1. The monoisotopic (exact) mass is 426 g/mol. The molecule has 3 aromatic carbocycles. The third-order valence-electron chi connectivity index (χ3n) is 3.78. The van der Waals surface area contributed by atoms with Crippen LogP contribution in [0.3, 0.4) is 0 Å². The number of benzene rings is 3. The van der Waals surface area contributed by atoms with Gasteiger partial charge in [0.05, 0.1) is 4.47 Å². The summed E-state index contributed by atoms with van der Waals surface area (Å²) in [5.74, 6) is 1.63. The van der Waals surface area contributed by atoms with Gasteiger partial charge in [-0.25, -0.2) is 0 Å². The third kappa shape index (κ3) is 4.99. The van der Waals surface area contributed by atoms with E-state index in [0.29, 0.717) is 0 Å². The van der Waals surface area contributed by atoms with Crippen molar-refractivity contribution in [3.05, 3.63) is 83.3 Å². The standard InChI is InChI=1S/C22H23BrO2Si/c1-22(2,3)24-17-14-15-20(23)21(16-17)25-26(18-10-6-4-7-11-18)19-12-8-5-9-13-19/h4-16,26H,1-3H3. The van der Waals surface area contributed by atoms with Crippen molar-refractivity contribution in [1.29, 1.82) is 0 Å². The third-order valence-corrected chi connectivity index (χ3v) is 6.90. The van der Waals surface area contributed by atoms with Crippen LogP contribution in [0.1, 0.15) is 20.8 Å². The van der Waals surface area contributed by atoms with Gasteiger partial charge in [-0.15, -0.1) is 0 Å². The first kappa shape index (κ1) is 18.7. The van der Waals surface area contributed by atoms with Crippen molar-refractivity contribution in [2.24, 2.45) is 0 Å². The average molecular weight is 427 g/mol. The average Bonchev–Trinajstić information content (AvgIpc) is 2.62. The van der Waals surface area contributed by atoms with Crippen LogP contribution in [0, 0.1) is 0 Å². The molecule has 0 fully saturated rings. The van der Waals surface area contributed by atoms with Gasteiger partial charge < -0.3 is 9.16 Å². The Morgan fingerprint density at radius 2 is 1.31 bits per heavy atom. The van der Waals surface area contributed by atoms with Crippen LogP contribution in [0.5, 0.6) is 11.5 Å². The zero-order valence-corrected chi connectivity index (χ0v) is 18.0. The first-order chi connectivity index (χ1) is 12.4. The Balaban J connectivity index is 1.96. The summed E-state index contributed by atoms with van der Waals surface area (Å²) in [5.41, 5.74) is -0.249. The molecule has 3 aromatic rings. The summed E-state index contributed by atoms with van der Waals surface area (Å²) in [5, 5.41) is 2.49. The van der Waals surface area contributed by atoms with Crippen LogP contribution < -0.4 is 19.5 Å². The van der Waals surface area contributed by atoms with Gasteiger partial charge in [0.1, 0.15) is 17.1 Å². The summed E-state index contributed by atoms with van der Waals surface area (Å²) in [4.78, 5) is 0. The molecule has 0 radical (unpaired) electrons. The number of rotatable bonds is 5. The highest BCUT2D eigenvalue weighted by Crippen LogP contribution is 2.31. The van der Waals surface area contributed by atoms with Crippen molar-refractivity contribution in [3.8, 4) is 11.5 Å². The molecule has 0 saturated heterocycles. The quantitative estimate of drug-likeness (QED) is 0.557. The molecule has 0 heterocycles. The van der Waals surface area contributed by atoms with E-state index in [4.69, 9.17) is 9.16 Å². The van der Waals surface area contributed by atoms with Crippen molar-refractivity contribution in [2.75, 3.05) is 0 Å². The van der Waals surface area contributed by atoms with E-state index in [1.807, 2.05) is 51.1 Å². The smallest absolute Gasteiger partial charge is 0.299 e. The van der Waals surface area contributed by atoms with Crippen molar-refractivity contribution < 1.29 is 9.16 Å². The Morgan fingerprint density at radius 3 is 1.81 bits per heavy atom. The maximum atomic E-state index is 6.58. The maximum absolute atomic E-state index is 6.58. The van der Waals surface area contributed by atoms with Crippen LogP contribution in [0.4, 0.5) is 0 Å². The molecule has 0 unspecified atom stereocenters. The molecule has 4 heteroatoms. The summed E-state index contributed by atoms with van der Waals surface area (Å²) in [6, 6.07) is 26.8. The predicted molar refractivity (Wildman–Crippen MR) is 114 cm³/mol. The van der Waals surface area contributed by atoms with E-state index in [2.05, 4.69) is 64.5 Å². The van der Waals surface area contributed by atoms with Crippen LogP contribution in [0.25, 0.3) is 0 Å². The van der Waals surface area contributed by atoms with Gasteiger partial charge in [-0.3, -0.25) is 0 Å². The molecule has 26 heavy (non-hydrogen) atoms. The normalized spacial score (nSPS) is 11.4. The second kappa shape index (κ2) is 8.10. The highest BCUT2D eigenvalue weighted by atomic mass is 79.9. The zero-order chi connectivity index (χ0) is 18.6. The molecule has 0 bridgehead atoms. The van der Waals surface area contributed by atoms with E-state index in [-0.39, 0.29) is 5.60 Å². The molecule has 0 saturated carbocycles. The van der Waals surface area contributed by atoms with Crippen molar-refractivity contribution in [2.45, 2.75) is 26.4 Å². The SMILES string of the molecule is CC(C)(C)Oc1ccc(Br)c(O[SiH](c2ccccc2)c2ccccc2)c1. The molecule has 0 amide bonds. The first-order valence-corrected chi connectivity index (χ1v) is 11.1. The summed E-state index contributed by atoms with van der Waals surface area (Å²) >= 11 is 3.63.